The van der Waals surface area contributed by atoms with E-state index in [1.807, 2.05) is 33.3 Å². The molecule has 0 fully saturated rings. The van der Waals surface area contributed by atoms with Crippen LogP contribution >= 0.6 is 7.82 Å². The molecule has 0 radical (unpaired) electrons. The molecule has 10 nitrogen and oxygen atoms in total. The smallest absolute Gasteiger partial charge is 0.462 e. The number of carbonyl (C=O) groups excluding carboxylic acids is 2. The molecule has 0 bridgehead atoms. The maximum absolute atomic E-state index is 12.7. The van der Waals surface area contributed by atoms with E-state index in [1.54, 1.807) is 12.2 Å². The lowest BCUT2D eigenvalue weighted by atomic mass is 10.1. The summed E-state index contributed by atoms with van der Waals surface area (Å²) in [7, 11) is 1.35. The number of ether oxygens (including phenoxy) is 2. The molecule has 61 heavy (non-hydrogen) atoms. The van der Waals surface area contributed by atoms with Crippen molar-refractivity contribution in [2.24, 2.45) is 0 Å². The lowest BCUT2D eigenvalue weighted by Gasteiger charge is -2.24. The van der Waals surface area contributed by atoms with Crippen molar-refractivity contribution in [3.05, 3.63) is 72.9 Å². The van der Waals surface area contributed by atoms with E-state index in [1.165, 1.54) is 77.0 Å². The summed E-state index contributed by atoms with van der Waals surface area (Å²) in [4.78, 5) is 35.5. The minimum absolute atomic E-state index is 0.00692. The summed E-state index contributed by atoms with van der Waals surface area (Å²) in [6.45, 7) is 4.13. The van der Waals surface area contributed by atoms with Gasteiger partial charge < -0.3 is 24.0 Å². The summed E-state index contributed by atoms with van der Waals surface area (Å²) >= 11 is 0. The minimum Gasteiger partial charge on any atom is -0.462 e. The highest BCUT2D eigenvalue weighted by atomic mass is 31.2. The second-order valence-corrected chi connectivity index (χ2v) is 18.4. The summed E-state index contributed by atoms with van der Waals surface area (Å²) in [6, 6.07) is 0. The number of rotatable bonds is 42. The van der Waals surface area contributed by atoms with Crippen molar-refractivity contribution in [1.29, 1.82) is 0 Å². The van der Waals surface area contributed by atoms with Gasteiger partial charge in [0.05, 0.1) is 33.9 Å². The summed E-state index contributed by atoms with van der Waals surface area (Å²) in [5, 5.41) is 10.3. The van der Waals surface area contributed by atoms with Crippen molar-refractivity contribution in [2.45, 2.75) is 187 Å². The molecule has 3 atom stereocenters. The Morgan fingerprint density at radius 2 is 1.08 bits per heavy atom. The van der Waals surface area contributed by atoms with Crippen LogP contribution in [0.2, 0.25) is 0 Å². The average molecular weight is 879 g/mol. The number of aliphatic hydroxyl groups is 1. The Kier molecular flexibility index (Phi) is 39.7. The van der Waals surface area contributed by atoms with Crippen LogP contribution in [0.5, 0.6) is 0 Å². The average Bonchev–Trinajstić information content (AvgIpc) is 3.21. The zero-order valence-corrected chi connectivity index (χ0v) is 40.1. The molecular formula is C50H89NO9P+. The molecule has 0 spiro atoms. The molecule has 0 aromatic rings. The van der Waals surface area contributed by atoms with Crippen LogP contribution < -0.4 is 0 Å². The maximum Gasteiger partial charge on any atom is 0.472 e. The highest BCUT2D eigenvalue weighted by Crippen LogP contribution is 2.43. The third-order valence-electron chi connectivity index (χ3n) is 9.81. The van der Waals surface area contributed by atoms with Gasteiger partial charge in [0.1, 0.15) is 19.8 Å². The molecule has 2 N–H and O–H groups in total. The van der Waals surface area contributed by atoms with E-state index in [9.17, 15) is 24.2 Å². The number of allylic oxidation sites excluding steroid dienone is 11. The van der Waals surface area contributed by atoms with Crippen molar-refractivity contribution in [1.82, 2.24) is 0 Å². The van der Waals surface area contributed by atoms with Crippen LogP contribution in [-0.4, -0.2) is 86.1 Å². The second kappa shape index (κ2) is 41.4. The number of hydrogen-bond donors (Lipinski definition) is 2. The van der Waals surface area contributed by atoms with Crippen molar-refractivity contribution in [3.63, 3.8) is 0 Å². The van der Waals surface area contributed by atoms with E-state index in [4.69, 9.17) is 18.5 Å². The van der Waals surface area contributed by atoms with Crippen LogP contribution in [0.3, 0.4) is 0 Å². The quantitative estimate of drug-likeness (QED) is 0.0154. The van der Waals surface area contributed by atoms with E-state index in [0.717, 1.165) is 51.4 Å². The molecule has 0 aliphatic rings. The van der Waals surface area contributed by atoms with Crippen molar-refractivity contribution in [3.8, 4) is 0 Å². The van der Waals surface area contributed by atoms with E-state index in [0.29, 0.717) is 30.3 Å². The van der Waals surface area contributed by atoms with Gasteiger partial charge in [0.25, 0.3) is 0 Å². The number of phosphoric ester groups is 1. The van der Waals surface area contributed by atoms with Gasteiger partial charge in [-0.25, -0.2) is 4.57 Å². The Morgan fingerprint density at radius 1 is 0.590 bits per heavy atom. The number of nitrogens with zero attached hydrogens (tertiary/aromatic N) is 1. The molecule has 0 amide bonds. The van der Waals surface area contributed by atoms with E-state index in [2.05, 4.69) is 62.5 Å². The number of carbonyl (C=O) groups is 2. The molecule has 0 rings (SSSR count). The van der Waals surface area contributed by atoms with E-state index < -0.39 is 38.6 Å². The number of unbranched alkanes of at least 4 members (excludes halogenated alkanes) is 15. The first-order chi connectivity index (χ1) is 29.4. The van der Waals surface area contributed by atoms with Crippen LogP contribution in [0.25, 0.3) is 0 Å². The monoisotopic (exact) mass is 879 g/mol. The van der Waals surface area contributed by atoms with Crippen LogP contribution in [0.1, 0.15) is 174 Å². The number of likely N-dealkylation sites (N-methyl/N-ethyl adjacent to an activating group) is 1. The third kappa shape index (κ3) is 45.3. The molecule has 352 valence electrons. The van der Waals surface area contributed by atoms with Gasteiger partial charge in [-0.15, -0.1) is 0 Å². The number of quaternary nitrogens is 1. The van der Waals surface area contributed by atoms with Gasteiger partial charge in [0.15, 0.2) is 6.10 Å². The zero-order valence-electron chi connectivity index (χ0n) is 39.2. The summed E-state index contributed by atoms with van der Waals surface area (Å²) in [5.41, 5.74) is 0. The minimum atomic E-state index is -4.44. The van der Waals surface area contributed by atoms with E-state index >= 15 is 0 Å². The standard InChI is InChI=1S/C50H88NO9P/c1-6-8-10-12-14-16-18-20-21-22-23-24-25-27-29-31-33-35-37-41-49(53)57-45-48(46-59-61(55,56)58-44-43-51(3,4)5)60-50(54)42-38-40-47(52)39-36-34-32-30-28-26-19-17-15-13-11-9-7-2/h14-17,20-21,26,28,32,34,36,39,47-48,52H,6-13,18-19,22-25,27,29-31,33,35,37-38,40-46H2,1-5H3/p+1/b16-14-,17-15-,21-20-,28-26-,34-32-,39-36+/t47-,48+/m0/s1. The number of phosphoric acid groups is 1. The van der Waals surface area contributed by atoms with Crippen molar-refractivity contribution < 1.29 is 47.2 Å². The largest absolute Gasteiger partial charge is 0.472 e. The van der Waals surface area contributed by atoms with Crippen molar-refractivity contribution in [2.75, 3.05) is 47.5 Å². The van der Waals surface area contributed by atoms with Crippen LogP contribution in [0, 0.1) is 0 Å². The summed E-state index contributed by atoms with van der Waals surface area (Å²) < 4.78 is 34.2. The maximum atomic E-state index is 12.7. The Bertz CT molecular complexity index is 1280. The van der Waals surface area contributed by atoms with Crippen LogP contribution in [0.4, 0.5) is 0 Å². The molecule has 0 aromatic heterocycles. The fourth-order valence-electron chi connectivity index (χ4n) is 6.03. The summed E-state index contributed by atoms with van der Waals surface area (Å²) in [6.07, 6.45) is 48.3. The number of esters is 2. The molecule has 0 aliphatic carbocycles. The molecule has 1 unspecified atom stereocenters. The van der Waals surface area contributed by atoms with Gasteiger partial charge in [-0.05, 0) is 77.0 Å². The van der Waals surface area contributed by atoms with Gasteiger partial charge in [-0.2, -0.15) is 0 Å². The Morgan fingerprint density at radius 3 is 1.64 bits per heavy atom. The predicted molar refractivity (Wildman–Crippen MR) is 253 cm³/mol. The zero-order chi connectivity index (χ0) is 45.1. The number of aliphatic hydroxyl groups excluding tert-OH is 1. The van der Waals surface area contributed by atoms with Crippen LogP contribution in [-0.2, 0) is 32.7 Å². The molecular weight excluding hydrogens is 790 g/mol. The Hall–Kier alpha value is -2.59. The molecule has 0 aromatic carbocycles. The fraction of sp³-hybridized carbons (Fsp3) is 0.720. The molecule has 0 saturated carbocycles. The topological polar surface area (TPSA) is 129 Å². The van der Waals surface area contributed by atoms with Crippen LogP contribution in [0.15, 0.2) is 72.9 Å². The Labute approximate surface area is 372 Å². The van der Waals surface area contributed by atoms with Gasteiger partial charge in [-0.1, -0.05) is 157 Å². The van der Waals surface area contributed by atoms with Gasteiger partial charge >= 0.3 is 19.8 Å². The first-order valence-electron chi connectivity index (χ1n) is 23.8. The molecule has 0 aliphatic heterocycles. The predicted octanol–water partition coefficient (Wildman–Crippen LogP) is 12.8. The first-order valence-corrected chi connectivity index (χ1v) is 25.3. The van der Waals surface area contributed by atoms with Gasteiger partial charge in [0, 0.05) is 12.8 Å². The highest BCUT2D eigenvalue weighted by Gasteiger charge is 2.27. The van der Waals surface area contributed by atoms with Crippen molar-refractivity contribution >= 4 is 19.8 Å². The fourth-order valence-corrected chi connectivity index (χ4v) is 6.77. The Balaban J connectivity index is 4.50. The molecule has 0 heterocycles. The summed E-state index contributed by atoms with van der Waals surface area (Å²) in [5.74, 6) is -1.01. The third-order valence-corrected chi connectivity index (χ3v) is 10.8. The highest BCUT2D eigenvalue weighted by molar-refractivity contribution is 7.47. The lowest BCUT2D eigenvalue weighted by Crippen LogP contribution is -2.37. The normalized spacial score (nSPS) is 14.7. The second-order valence-electron chi connectivity index (χ2n) is 17.0. The lowest BCUT2D eigenvalue weighted by molar-refractivity contribution is -0.870. The molecule has 11 heteroatoms. The van der Waals surface area contributed by atoms with Gasteiger partial charge in [0.2, 0.25) is 0 Å². The van der Waals surface area contributed by atoms with E-state index in [-0.39, 0.29) is 26.1 Å². The molecule has 0 saturated heterocycles. The van der Waals surface area contributed by atoms with Gasteiger partial charge in [-0.3, -0.25) is 18.6 Å². The number of hydrogen-bond acceptors (Lipinski definition) is 8. The SMILES string of the molecule is CCCCC/C=C\C/C=C\C/C=C\C=C\[C@H](O)CCCC(=O)O[C@H](COC(=O)CCCCCCCCCCC/C=C\C/C=C\CCCCC)COP(=O)(O)OCC[N+](C)(C)C. The first kappa shape index (κ1) is 58.4.